The molecule has 1 amide bonds. The normalized spacial score (nSPS) is 23.3. The Labute approximate surface area is 199 Å². The SMILES string of the molecule is C[C@H]1C[C@@H](NC(=O)C(C)(C)C2CCN(C)CC2)CN(c2ccc(C(F)(F)F)c3ncccc23)C1. The monoisotopic (exact) mass is 476 g/mol. The molecule has 34 heavy (non-hydrogen) atoms. The minimum Gasteiger partial charge on any atom is -0.369 e. The van der Waals surface area contributed by atoms with Gasteiger partial charge < -0.3 is 15.1 Å². The molecule has 2 aliphatic rings. The fourth-order valence-corrected chi connectivity index (χ4v) is 5.60. The number of alkyl halides is 3. The Morgan fingerprint density at radius 1 is 1.12 bits per heavy atom. The molecule has 5 nitrogen and oxygen atoms in total. The second-order valence-electron chi connectivity index (χ2n) is 10.7. The van der Waals surface area contributed by atoms with Gasteiger partial charge in [-0.15, -0.1) is 0 Å². The van der Waals surface area contributed by atoms with Crippen LogP contribution in [0, 0.1) is 17.3 Å². The van der Waals surface area contributed by atoms with E-state index in [2.05, 4.69) is 34.1 Å². The number of hydrogen-bond donors (Lipinski definition) is 1. The molecular weight excluding hydrogens is 441 g/mol. The molecule has 0 saturated carbocycles. The number of carbonyl (C=O) groups is 1. The molecule has 1 aromatic carbocycles. The van der Waals surface area contributed by atoms with Crippen molar-refractivity contribution in [3.05, 3.63) is 36.0 Å². The third-order valence-electron chi connectivity index (χ3n) is 7.71. The predicted octanol–water partition coefficient (Wildman–Crippen LogP) is 4.95. The van der Waals surface area contributed by atoms with Gasteiger partial charge >= 0.3 is 6.18 Å². The first-order valence-electron chi connectivity index (χ1n) is 12.2. The Kier molecular flexibility index (Phi) is 6.82. The van der Waals surface area contributed by atoms with Crippen LogP contribution in [-0.4, -0.2) is 55.1 Å². The Morgan fingerprint density at radius 2 is 1.82 bits per heavy atom. The number of pyridine rings is 1. The van der Waals surface area contributed by atoms with E-state index in [4.69, 9.17) is 0 Å². The first-order chi connectivity index (χ1) is 16.0. The number of piperidine rings is 2. The summed E-state index contributed by atoms with van der Waals surface area (Å²) in [6.45, 7) is 9.50. The van der Waals surface area contributed by atoms with Gasteiger partial charge in [0.2, 0.25) is 5.91 Å². The van der Waals surface area contributed by atoms with Crippen LogP contribution < -0.4 is 10.2 Å². The van der Waals surface area contributed by atoms with Gasteiger partial charge in [0.15, 0.2) is 0 Å². The van der Waals surface area contributed by atoms with Crippen molar-refractivity contribution in [2.75, 3.05) is 38.1 Å². The molecule has 2 aliphatic heterocycles. The van der Waals surface area contributed by atoms with E-state index >= 15 is 0 Å². The van der Waals surface area contributed by atoms with Crippen LogP contribution in [0.15, 0.2) is 30.5 Å². The van der Waals surface area contributed by atoms with Gasteiger partial charge in [-0.3, -0.25) is 9.78 Å². The molecule has 2 aromatic rings. The van der Waals surface area contributed by atoms with Gasteiger partial charge in [0.25, 0.3) is 0 Å². The van der Waals surface area contributed by atoms with Gasteiger partial charge in [0.05, 0.1) is 11.1 Å². The van der Waals surface area contributed by atoms with E-state index in [9.17, 15) is 18.0 Å². The molecule has 0 spiro atoms. The van der Waals surface area contributed by atoms with Gasteiger partial charge in [0.1, 0.15) is 0 Å². The second kappa shape index (κ2) is 9.36. The van der Waals surface area contributed by atoms with Crippen LogP contribution in [0.5, 0.6) is 0 Å². The summed E-state index contributed by atoms with van der Waals surface area (Å²) >= 11 is 0. The summed E-state index contributed by atoms with van der Waals surface area (Å²) in [5.74, 6) is 0.699. The number of aromatic nitrogens is 1. The molecule has 0 unspecified atom stereocenters. The maximum atomic E-state index is 13.5. The third-order valence-corrected chi connectivity index (χ3v) is 7.71. The molecule has 0 aliphatic carbocycles. The topological polar surface area (TPSA) is 48.5 Å². The standard InChI is InChI=1S/C26H35F3N4O/c1-17-14-19(31-24(34)25(2,3)18-9-12-32(4)13-10-18)16-33(15-17)22-8-7-21(26(27,28)29)23-20(22)6-5-11-30-23/h5-8,11,17-19H,9-10,12-16H2,1-4H3,(H,31,34)/t17-,19+/m0/s1. The van der Waals surface area contributed by atoms with E-state index in [0.717, 1.165) is 50.7 Å². The summed E-state index contributed by atoms with van der Waals surface area (Å²) in [6.07, 6.45) is -0.198. The zero-order valence-electron chi connectivity index (χ0n) is 20.5. The first kappa shape index (κ1) is 24.8. The van der Waals surface area contributed by atoms with E-state index in [1.165, 1.54) is 6.20 Å². The van der Waals surface area contributed by atoms with Crippen LogP contribution in [-0.2, 0) is 11.0 Å². The summed E-state index contributed by atoms with van der Waals surface area (Å²) < 4.78 is 40.6. The fraction of sp³-hybridized carbons (Fsp3) is 0.615. The molecule has 3 heterocycles. The average Bonchev–Trinajstić information content (AvgIpc) is 2.77. The lowest BCUT2D eigenvalue weighted by Crippen LogP contribution is -2.54. The lowest BCUT2D eigenvalue weighted by Gasteiger charge is -2.42. The van der Waals surface area contributed by atoms with Crippen molar-refractivity contribution in [2.45, 2.75) is 52.3 Å². The summed E-state index contributed by atoms with van der Waals surface area (Å²) in [4.78, 5) is 21.8. The predicted molar refractivity (Wildman–Crippen MR) is 129 cm³/mol. The molecule has 2 atom stereocenters. The highest BCUT2D eigenvalue weighted by atomic mass is 19.4. The number of carbonyl (C=O) groups excluding carboxylic acids is 1. The van der Waals surface area contributed by atoms with Gasteiger partial charge in [0, 0.05) is 41.8 Å². The van der Waals surface area contributed by atoms with Crippen molar-refractivity contribution in [1.29, 1.82) is 0 Å². The molecule has 2 saturated heterocycles. The first-order valence-corrected chi connectivity index (χ1v) is 12.2. The number of nitrogens with zero attached hydrogens (tertiary/aromatic N) is 3. The molecule has 1 N–H and O–H groups in total. The van der Waals surface area contributed by atoms with E-state index in [1.807, 2.05) is 13.8 Å². The molecule has 8 heteroatoms. The van der Waals surface area contributed by atoms with Gasteiger partial charge in [-0.1, -0.05) is 20.8 Å². The lowest BCUT2D eigenvalue weighted by molar-refractivity contribution is -0.136. The number of likely N-dealkylation sites (tertiary alicyclic amines) is 1. The third kappa shape index (κ3) is 5.02. The van der Waals surface area contributed by atoms with E-state index in [-0.39, 0.29) is 17.5 Å². The zero-order valence-corrected chi connectivity index (χ0v) is 20.5. The number of anilines is 1. The summed E-state index contributed by atoms with van der Waals surface area (Å²) in [7, 11) is 2.11. The Bertz CT molecular complexity index is 1030. The highest BCUT2D eigenvalue weighted by Crippen LogP contribution is 2.39. The zero-order chi connectivity index (χ0) is 24.7. The smallest absolute Gasteiger partial charge is 0.369 e. The van der Waals surface area contributed by atoms with Crippen molar-refractivity contribution >= 4 is 22.5 Å². The van der Waals surface area contributed by atoms with Gasteiger partial charge in [-0.25, -0.2) is 0 Å². The van der Waals surface area contributed by atoms with Crippen LogP contribution in [0.2, 0.25) is 0 Å². The number of fused-ring (bicyclic) bond motifs is 1. The minimum absolute atomic E-state index is 0.0327. The fourth-order valence-electron chi connectivity index (χ4n) is 5.60. The van der Waals surface area contributed by atoms with Crippen LogP contribution in [0.1, 0.15) is 45.6 Å². The second-order valence-corrected chi connectivity index (χ2v) is 10.7. The van der Waals surface area contributed by atoms with Crippen molar-refractivity contribution in [1.82, 2.24) is 15.2 Å². The van der Waals surface area contributed by atoms with E-state index in [1.54, 1.807) is 18.2 Å². The molecular formula is C26H35F3N4O. The summed E-state index contributed by atoms with van der Waals surface area (Å²) in [6, 6.07) is 5.98. The van der Waals surface area contributed by atoms with E-state index in [0.29, 0.717) is 23.8 Å². The minimum atomic E-state index is -4.46. The van der Waals surface area contributed by atoms with Crippen LogP contribution in [0.25, 0.3) is 10.9 Å². The number of hydrogen-bond acceptors (Lipinski definition) is 4. The molecule has 0 radical (unpaired) electrons. The molecule has 2 fully saturated rings. The molecule has 4 rings (SSSR count). The molecule has 186 valence electrons. The van der Waals surface area contributed by atoms with Crippen LogP contribution in [0.3, 0.4) is 0 Å². The quantitative estimate of drug-likeness (QED) is 0.678. The number of nitrogens with one attached hydrogen (secondary N) is 1. The summed E-state index contributed by atoms with van der Waals surface area (Å²) in [5, 5.41) is 3.78. The van der Waals surface area contributed by atoms with Crippen molar-refractivity contribution in [2.24, 2.45) is 17.3 Å². The van der Waals surface area contributed by atoms with Gasteiger partial charge in [-0.2, -0.15) is 13.2 Å². The number of halogens is 3. The van der Waals surface area contributed by atoms with Gasteiger partial charge in [-0.05, 0) is 75.5 Å². The Hall–Kier alpha value is -2.35. The van der Waals surface area contributed by atoms with E-state index < -0.39 is 17.2 Å². The number of amides is 1. The molecule has 0 bridgehead atoms. The maximum Gasteiger partial charge on any atom is 0.418 e. The number of benzene rings is 1. The van der Waals surface area contributed by atoms with Crippen LogP contribution in [0.4, 0.5) is 18.9 Å². The van der Waals surface area contributed by atoms with Crippen molar-refractivity contribution in [3.8, 4) is 0 Å². The molecule has 1 aromatic heterocycles. The average molecular weight is 477 g/mol. The highest BCUT2D eigenvalue weighted by Gasteiger charge is 2.40. The number of rotatable bonds is 4. The highest BCUT2D eigenvalue weighted by molar-refractivity contribution is 5.94. The Balaban J connectivity index is 1.54. The van der Waals surface area contributed by atoms with Crippen molar-refractivity contribution in [3.63, 3.8) is 0 Å². The lowest BCUT2D eigenvalue weighted by atomic mass is 9.73. The summed E-state index contributed by atoms with van der Waals surface area (Å²) in [5.41, 5.74) is -0.481. The maximum absolute atomic E-state index is 13.5. The van der Waals surface area contributed by atoms with Crippen molar-refractivity contribution < 1.29 is 18.0 Å². The Morgan fingerprint density at radius 3 is 2.50 bits per heavy atom. The van der Waals surface area contributed by atoms with Crippen LogP contribution >= 0.6 is 0 Å². The largest absolute Gasteiger partial charge is 0.418 e.